The van der Waals surface area contributed by atoms with Gasteiger partial charge in [-0.3, -0.25) is 0 Å². The molecule has 1 N–H and O–H groups in total. The van der Waals surface area contributed by atoms with Crippen molar-refractivity contribution in [2.24, 2.45) is 0 Å². The van der Waals surface area contributed by atoms with E-state index in [0.29, 0.717) is 0 Å². The Morgan fingerprint density at radius 3 is 2.28 bits per heavy atom. The highest BCUT2D eigenvalue weighted by molar-refractivity contribution is 6.31. The van der Waals surface area contributed by atoms with Gasteiger partial charge in [0.1, 0.15) is 5.75 Å². The monoisotopic (exact) mass is 261 g/mol. The van der Waals surface area contributed by atoms with Crippen LogP contribution in [-0.2, 0) is 6.54 Å². The third kappa shape index (κ3) is 2.84. The van der Waals surface area contributed by atoms with Crippen molar-refractivity contribution in [3.8, 4) is 16.9 Å². The first-order chi connectivity index (χ1) is 8.74. The van der Waals surface area contributed by atoms with Gasteiger partial charge >= 0.3 is 0 Å². The van der Waals surface area contributed by atoms with Crippen molar-refractivity contribution in [3.63, 3.8) is 0 Å². The number of rotatable bonds is 4. The summed E-state index contributed by atoms with van der Waals surface area (Å²) in [4.78, 5) is 0. The van der Waals surface area contributed by atoms with Crippen LogP contribution in [-0.4, -0.2) is 14.2 Å². The van der Waals surface area contributed by atoms with Crippen molar-refractivity contribution >= 4 is 11.6 Å². The van der Waals surface area contributed by atoms with E-state index >= 15 is 0 Å². The van der Waals surface area contributed by atoms with Crippen LogP contribution in [0.1, 0.15) is 5.56 Å². The van der Waals surface area contributed by atoms with E-state index in [1.165, 1.54) is 0 Å². The van der Waals surface area contributed by atoms with Crippen LogP contribution in [0.4, 0.5) is 0 Å². The van der Waals surface area contributed by atoms with Gasteiger partial charge in [-0.05, 0) is 41.9 Å². The summed E-state index contributed by atoms with van der Waals surface area (Å²) in [6, 6.07) is 14.1. The van der Waals surface area contributed by atoms with Crippen LogP contribution < -0.4 is 10.1 Å². The van der Waals surface area contributed by atoms with Gasteiger partial charge in [0.2, 0.25) is 0 Å². The minimum absolute atomic E-state index is 0.779. The van der Waals surface area contributed by atoms with E-state index in [9.17, 15) is 0 Å². The third-order valence-electron chi connectivity index (χ3n) is 2.84. The summed E-state index contributed by atoms with van der Waals surface area (Å²) in [6.07, 6.45) is 0. The fraction of sp³-hybridized carbons (Fsp3) is 0.200. The molecule has 0 aliphatic carbocycles. The number of hydrogen-bond acceptors (Lipinski definition) is 2. The molecule has 0 unspecified atom stereocenters. The lowest BCUT2D eigenvalue weighted by Gasteiger charge is -2.08. The highest BCUT2D eigenvalue weighted by atomic mass is 35.5. The van der Waals surface area contributed by atoms with Gasteiger partial charge in [-0.25, -0.2) is 0 Å². The second-order valence-electron chi connectivity index (χ2n) is 4.07. The van der Waals surface area contributed by atoms with E-state index in [-0.39, 0.29) is 0 Å². The molecule has 2 rings (SSSR count). The molecule has 2 aromatic carbocycles. The van der Waals surface area contributed by atoms with Crippen molar-refractivity contribution in [2.45, 2.75) is 6.54 Å². The zero-order valence-corrected chi connectivity index (χ0v) is 11.3. The van der Waals surface area contributed by atoms with Gasteiger partial charge in [-0.1, -0.05) is 35.9 Å². The molecule has 0 bridgehead atoms. The second-order valence-corrected chi connectivity index (χ2v) is 4.47. The molecule has 0 radical (unpaired) electrons. The molecular weight excluding hydrogens is 246 g/mol. The van der Waals surface area contributed by atoms with Crippen LogP contribution in [0.5, 0.6) is 5.75 Å². The molecule has 0 fully saturated rings. The molecule has 0 saturated heterocycles. The van der Waals surface area contributed by atoms with Gasteiger partial charge in [-0.15, -0.1) is 0 Å². The Balaban J connectivity index is 2.30. The van der Waals surface area contributed by atoms with E-state index in [1.54, 1.807) is 7.11 Å². The standard InChI is InChI=1S/C15H16ClNO/c1-17-10-13-4-3-12(9-15(13)16)11-5-7-14(18-2)8-6-11/h3-9,17H,10H2,1-2H3. The predicted molar refractivity (Wildman–Crippen MR) is 76.2 cm³/mol. The Labute approximate surface area is 113 Å². The van der Waals surface area contributed by atoms with Gasteiger partial charge in [0.05, 0.1) is 7.11 Å². The highest BCUT2D eigenvalue weighted by Crippen LogP contribution is 2.27. The van der Waals surface area contributed by atoms with Gasteiger partial charge in [0.15, 0.2) is 0 Å². The molecule has 0 aliphatic rings. The first-order valence-corrected chi connectivity index (χ1v) is 6.20. The molecule has 18 heavy (non-hydrogen) atoms. The lowest BCUT2D eigenvalue weighted by atomic mass is 10.0. The topological polar surface area (TPSA) is 21.3 Å². The summed E-state index contributed by atoms with van der Waals surface area (Å²) in [5.41, 5.74) is 3.35. The summed E-state index contributed by atoms with van der Waals surface area (Å²) >= 11 is 6.25. The number of nitrogens with one attached hydrogen (secondary N) is 1. The van der Waals surface area contributed by atoms with Crippen molar-refractivity contribution in [3.05, 3.63) is 53.1 Å². The third-order valence-corrected chi connectivity index (χ3v) is 3.20. The molecule has 0 saturated carbocycles. The van der Waals surface area contributed by atoms with Crippen LogP contribution >= 0.6 is 11.6 Å². The second kappa shape index (κ2) is 5.89. The molecule has 94 valence electrons. The van der Waals surface area contributed by atoms with Crippen LogP contribution in [0.25, 0.3) is 11.1 Å². The van der Waals surface area contributed by atoms with Crippen LogP contribution in [0.3, 0.4) is 0 Å². The van der Waals surface area contributed by atoms with E-state index in [2.05, 4.69) is 17.4 Å². The number of methoxy groups -OCH3 is 1. The maximum absolute atomic E-state index is 6.25. The predicted octanol–water partition coefficient (Wildman–Crippen LogP) is 3.74. The molecule has 0 amide bonds. The number of halogens is 1. The summed E-state index contributed by atoms with van der Waals surface area (Å²) in [5, 5.41) is 3.89. The number of ether oxygens (including phenoxy) is 1. The maximum Gasteiger partial charge on any atom is 0.118 e. The fourth-order valence-corrected chi connectivity index (χ4v) is 2.09. The molecule has 0 aliphatic heterocycles. The highest BCUT2D eigenvalue weighted by Gasteiger charge is 2.03. The Hall–Kier alpha value is -1.51. The van der Waals surface area contributed by atoms with Gasteiger partial charge in [0.25, 0.3) is 0 Å². The lowest BCUT2D eigenvalue weighted by Crippen LogP contribution is -2.05. The van der Waals surface area contributed by atoms with Crippen molar-refractivity contribution in [1.82, 2.24) is 5.32 Å². The summed E-state index contributed by atoms with van der Waals surface area (Å²) in [6.45, 7) is 0.779. The van der Waals surface area contributed by atoms with Crippen molar-refractivity contribution < 1.29 is 4.74 Å². The molecule has 2 nitrogen and oxygen atoms in total. The molecule has 2 aromatic rings. The summed E-state index contributed by atoms with van der Waals surface area (Å²) in [5.74, 6) is 0.858. The molecular formula is C15H16ClNO. The van der Waals surface area contributed by atoms with Crippen molar-refractivity contribution in [2.75, 3.05) is 14.2 Å². The largest absolute Gasteiger partial charge is 0.497 e. The average molecular weight is 262 g/mol. The molecule has 0 spiro atoms. The Morgan fingerprint density at radius 2 is 1.72 bits per heavy atom. The smallest absolute Gasteiger partial charge is 0.118 e. The minimum Gasteiger partial charge on any atom is -0.497 e. The lowest BCUT2D eigenvalue weighted by molar-refractivity contribution is 0.415. The zero-order chi connectivity index (χ0) is 13.0. The fourth-order valence-electron chi connectivity index (χ4n) is 1.84. The van der Waals surface area contributed by atoms with Crippen molar-refractivity contribution in [1.29, 1.82) is 0 Å². The van der Waals surface area contributed by atoms with E-state index in [1.807, 2.05) is 37.4 Å². The van der Waals surface area contributed by atoms with Gasteiger partial charge < -0.3 is 10.1 Å². The maximum atomic E-state index is 6.25. The Morgan fingerprint density at radius 1 is 1.06 bits per heavy atom. The normalized spacial score (nSPS) is 10.4. The summed E-state index contributed by atoms with van der Waals surface area (Å²) < 4.78 is 5.15. The van der Waals surface area contributed by atoms with E-state index in [4.69, 9.17) is 16.3 Å². The van der Waals surface area contributed by atoms with Crippen LogP contribution in [0.15, 0.2) is 42.5 Å². The molecule has 0 atom stereocenters. The number of hydrogen-bond donors (Lipinski definition) is 1. The van der Waals surface area contributed by atoms with Crippen LogP contribution in [0.2, 0.25) is 5.02 Å². The first kappa shape index (κ1) is 12.9. The minimum atomic E-state index is 0.779. The van der Waals surface area contributed by atoms with Gasteiger partial charge in [-0.2, -0.15) is 0 Å². The first-order valence-electron chi connectivity index (χ1n) is 5.82. The van der Waals surface area contributed by atoms with Crippen LogP contribution in [0, 0.1) is 0 Å². The molecule has 0 heterocycles. The summed E-state index contributed by atoms with van der Waals surface area (Å²) in [7, 11) is 3.58. The Kier molecular flexibility index (Phi) is 4.24. The Bertz CT molecular complexity index is 523. The molecule has 3 heteroatoms. The molecule has 0 aromatic heterocycles. The quantitative estimate of drug-likeness (QED) is 0.905. The SMILES string of the molecule is CNCc1ccc(-c2ccc(OC)cc2)cc1Cl. The van der Waals surface area contributed by atoms with Gasteiger partial charge in [0, 0.05) is 11.6 Å². The zero-order valence-electron chi connectivity index (χ0n) is 10.5. The number of benzene rings is 2. The van der Waals surface area contributed by atoms with E-state index in [0.717, 1.165) is 34.0 Å². The average Bonchev–Trinajstić information content (AvgIpc) is 2.41. The van der Waals surface area contributed by atoms with E-state index < -0.39 is 0 Å².